The van der Waals surface area contributed by atoms with Gasteiger partial charge in [0.1, 0.15) is 5.75 Å². The van der Waals surface area contributed by atoms with Crippen LogP contribution in [-0.4, -0.2) is 17.0 Å². The molecule has 2 aliphatic rings. The van der Waals surface area contributed by atoms with Gasteiger partial charge < -0.3 is 10.1 Å². The Morgan fingerprint density at radius 1 is 1.11 bits per heavy atom. The maximum Gasteiger partial charge on any atom is 0.273 e. The second-order valence-corrected chi connectivity index (χ2v) is 6.70. The first-order valence-electron chi connectivity index (χ1n) is 8.53. The van der Waals surface area contributed by atoms with Crippen LogP contribution in [0.15, 0.2) is 48.6 Å². The molecule has 8 heteroatoms. The molecule has 0 bridgehead atoms. The summed E-state index contributed by atoms with van der Waals surface area (Å²) in [6.45, 7) is 0. The van der Waals surface area contributed by atoms with E-state index in [1.54, 1.807) is 18.2 Å². The van der Waals surface area contributed by atoms with Crippen LogP contribution in [0.4, 0.5) is 17.1 Å². The molecule has 0 saturated heterocycles. The number of anilines is 1. The molecule has 0 aromatic heterocycles. The van der Waals surface area contributed by atoms with Gasteiger partial charge in [-0.2, -0.15) is 0 Å². The summed E-state index contributed by atoms with van der Waals surface area (Å²) in [7, 11) is 1.47. The molecular formula is C19H17N3O5. The zero-order valence-electron chi connectivity index (χ0n) is 14.5. The number of nitro benzene ring substituents is 2. The Morgan fingerprint density at radius 3 is 2.59 bits per heavy atom. The highest BCUT2D eigenvalue weighted by atomic mass is 16.6. The quantitative estimate of drug-likeness (QED) is 0.489. The molecule has 1 N–H and O–H groups in total. The van der Waals surface area contributed by atoms with Gasteiger partial charge >= 0.3 is 0 Å². The number of nitrogens with zero attached hydrogens (tertiary/aromatic N) is 2. The summed E-state index contributed by atoms with van der Waals surface area (Å²) in [6, 6.07) is 9.41. The van der Waals surface area contributed by atoms with E-state index < -0.39 is 9.85 Å². The van der Waals surface area contributed by atoms with Crippen LogP contribution in [0, 0.1) is 26.1 Å². The molecule has 2 aromatic carbocycles. The molecule has 0 fully saturated rings. The summed E-state index contributed by atoms with van der Waals surface area (Å²) in [5, 5.41) is 25.9. The second kappa shape index (κ2) is 6.39. The maximum atomic E-state index is 11.3. The fourth-order valence-corrected chi connectivity index (χ4v) is 4.08. The number of benzene rings is 2. The summed E-state index contributed by atoms with van der Waals surface area (Å²) in [4.78, 5) is 21.6. The Morgan fingerprint density at radius 2 is 1.89 bits per heavy atom. The molecule has 1 aliphatic heterocycles. The molecule has 8 nitrogen and oxygen atoms in total. The molecule has 0 radical (unpaired) electrons. The highest BCUT2D eigenvalue weighted by molar-refractivity contribution is 5.71. The van der Waals surface area contributed by atoms with Gasteiger partial charge in [-0.1, -0.05) is 24.3 Å². The molecular weight excluding hydrogens is 350 g/mol. The van der Waals surface area contributed by atoms with Gasteiger partial charge in [-0.15, -0.1) is 0 Å². The number of nitro groups is 2. The van der Waals surface area contributed by atoms with Crippen LogP contribution in [0.25, 0.3) is 0 Å². The summed E-state index contributed by atoms with van der Waals surface area (Å²) < 4.78 is 5.40. The van der Waals surface area contributed by atoms with E-state index in [0.29, 0.717) is 11.4 Å². The van der Waals surface area contributed by atoms with Crippen LogP contribution in [0.1, 0.15) is 29.5 Å². The molecule has 0 amide bonds. The first-order chi connectivity index (χ1) is 13.0. The predicted octanol–water partition coefficient (Wildman–Crippen LogP) is 4.34. The normalized spacial score (nSPS) is 22.5. The van der Waals surface area contributed by atoms with Gasteiger partial charge in [-0.3, -0.25) is 20.2 Å². The van der Waals surface area contributed by atoms with E-state index in [9.17, 15) is 20.2 Å². The van der Waals surface area contributed by atoms with Crippen LogP contribution in [0.5, 0.6) is 5.75 Å². The molecule has 3 atom stereocenters. The number of methoxy groups -OCH3 is 1. The van der Waals surface area contributed by atoms with Crippen molar-refractivity contribution in [1.82, 2.24) is 0 Å². The smallest absolute Gasteiger partial charge is 0.273 e. The van der Waals surface area contributed by atoms with E-state index in [4.69, 9.17) is 4.74 Å². The summed E-state index contributed by atoms with van der Waals surface area (Å²) in [6.07, 6.45) is 4.90. The van der Waals surface area contributed by atoms with Gasteiger partial charge in [0, 0.05) is 24.1 Å². The SMILES string of the molecule is COc1cc([N+](=O)[O-])cc2c1N[C@H](c1cccc([N+](=O)[O-])c1)[C@@H]1CC=C[C@@H]21. The molecule has 4 rings (SSSR count). The molecule has 1 aliphatic carbocycles. The number of rotatable bonds is 4. The Balaban J connectivity index is 1.83. The lowest BCUT2D eigenvalue weighted by Crippen LogP contribution is -2.29. The number of hydrogen-bond acceptors (Lipinski definition) is 6. The van der Waals surface area contributed by atoms with Gasteiger partial charge in [0.2, 0.25) is 0 Å². The van der Waals surface area contributed by atoms with Crippen LogP contribution in [0.3, 0.4) is 0 Å². The van der Waals surface area contributed by atoms with Crippen molar-refractivity contribution in [2.45, 2.75) is 18.4 Å². The van der Waals surface area contributed by atoms with Crippen LogP contribution >= 0.6 is 0 Å². The van der Waals surface area contributed by atoms with Crippen LogP contribution < -0.4 is 10.1 Å². The minimum Gasteiger partial charge on any atom is -0.494 e. The first kappa shape index (κ1) is 17.0. The lowest BCUT2D eigenvalue weighted by Gasteiger charge is -2.37. The van der Waals surface area contributed by atoms with Gasteiger partial charge in [-0.05, 0) is 23.5 Å². The molecule has 0 unspecified atom stereocenters. The second-order valence-electron chi connectivity index (χ2n) is 6.70. The maximum absolute atomic E-state index is 11.3. The van der Waals surface area contributed by atoms with E-state index in [0.717, 1.165) is 17.5 Å². The Bertz CT molecular complexity index is 972. The van der Waals surface area contributed by atoms with E-state index in [2.05, 4.69) is 17.5 Å². The lowest BCUT2D eigenvalue weighted by molar-refractivity contribution is -0.385. The molecule has 2 aromatic rings. The average Bonchev–Trinajstić information content (AvgIpc) is 3.16. The lowest BCUT2D eigenvalue weighted by atomic mass is 9.76. The van der Waals surface area contributed by atoms with E-state index in [-0.39, 0.29) is 29.3 Å². The minimum absolute atomic E-state index is 0.0137. The van der Waals surface area contributed by atoms with Crippen LogP contribution in [0.2, 0.25) is 0 Å². The number of fused-ring (bicyclic) bond motifs is 3. The number of ether oxygens (including phenoxy) is 1. The highest BCUT2D eigenvalue weighted by Gasteiger charge is 2.40. The fraction of sp³-hybridized carbons (Fsp3) is 0.263. The minimum atomic E-state index is -0.427. The van der Waals surface area contributed by atoms with Crippen LogP contribution in [-0.2, 0) is 0 Å². The monoisotopic (exact) mass is 367 g/mol. The van der Waals surface area contributed by atoms with Crippen molar-refractivity contribution in [3.8, 4) is 5.75 Å². The van der Waals surface area contributed by atoms with Gasteiger partial charge in [0.15, 0.2) is 0 Å². The Kier molecular flexibility index (Phi) is 4.02. The van der Waals surface area contributed by atoms with Crippen molar-refractivity contribution in [2.75, 3.05) is 12.4 Å². The molecule has 138 valence electrons. The number of allylic oxidation sites excluding steroid dienone is 2. The summed E-state index contributed by atoms with van der Waals surface area (Å²) >= 11 is 0. The number of nitrogens with one attached hydrogen (secondary N) is 1. The molecule has 1 heterocycles. The molecule has 0 saturated carbocycles. The largest absolute Gasteiger partial charge is 0.494 e. The Labute approximate surface area is 154 Å². The molecule has 27 heavy (non-hydrogen) atoms. The van der Waals surface area contributed by atoms with Gasteiger partial charge in [0.25, 0.3) is 11.4 Å². The Hall–Kier alpha value is -3.42. The predicted molar refractivity (Wildman–Crippen MR) is 99.1 cm³/mol. The van der Waals surface area contributed by atoms with E-state index in [1.807, 2.05) is 6.07 Å². The van der Waals surface area contributed by atoms with Crippen molar-refractivity contribution >= 4 is 17.1 Å². The van der Waals surface area contributed by atoms with Crippen molar-refractivity contribution in [3.05, 3.63) is 79.9 Å². The third-order valence-electron chi connectivity index (χ3n) is 5.29. The highest BCUT2D eigenvalue weighted by Crippen LogP contribution is 2.53. The van der Waals surface area contributed by atoms with Gasteiger partial charge in [-0.25, -0.2) is 0 Å². The summed E-state index contributed by atoms with van der Waals surface area (Å²) in [5.74, 6) is 0.499. The molecule has 0 spiro atoms. The van der Waals surface area contributed by atoms with E-state index >= 15 is 0 Å². The zero-order chi connectivity index (χ0) is 19.1. The average molecular weight is 367 g/mol. The topological polar surface area (TPSA) is 108 Å². The first-order valence-corrected chi connectivity index (χ1v) is 8.53. The van der Waals surface area contributed by atoms with Crippen molar-refractivity contribution in [3.63, 3.8) is 0 Å². The van der Waals surface area contributed by atoms with Crippen molar-refractivity contribution in [2.24, 2.45) is 5.92 Å². The van der Waals surface area contributed by atoms with Crippen molar-refractivity contribution < 1.29 is 14.6 Å². The zero-order valence-corrected chi connectivity index (χ0v) is 14.5. The fourth-order valence-electron chi connectivity index (χ4n) is 4.08. The summed E-state index contributed by atoms with van der Waals surface area (Å²) in [5.41, 5.74) is 2.36. The van der Waals surface area contributed by atoms with Gasteiger partial charge in [0.05, 0.1) is 34.8 Å². The van der Waals surface area contributed by atoms with Crippen molar-refractivity contribution in [1.29, 1.82) is 0 Å². The standard InChI is InChI=1S/C19H17N3O5/c1-27-17-10-13(22(25)26)9-16-14-6-3-7-15(14)18(20-19(16)17)11-4-2-5-12(8-11)21(23)24/h2-6,8-10,14-15,18,20H,7H2,1H3/t14-,15-,18-/m1/s1. The third-order valence-corrected chi connectivity index (χ3v) is 5.29. The van der Waals surface area contributed by atoms with E-state index in [1.165, 1.54) is 19.2 Å². The number of non-ortho nitro benzene ring substituents is 2. The third kappa shape index (κ3) is 2.79. The number of hydrogen-bond donors (Lipinski definition) is 1.